The van der Waals surface area contributed by atoms with Crippen molar-refractivity contribution >= 4 is 0 Å². The second-order valence-electron chi connectivity index (χ2n) is 5.91. The Kier molecular flexibility index (Phi) is 2.32. The second-order valence-corrected chi connectivity index (χ2v) is 5.91. The van der Waals surface area contributed by atoms with Crippen LogP contribution in [-0.2, 0) is 5.41 Å². The molecular weight excluding hydrogens is 194 g/mol. The Morgan fingerprint density at radius 2 is 1.62 bits per heavy atom. The summed E-state index contributed by atoms with van der Waals surface area (Å²) in [5.74, 6) is 0. The smallest absolute Gasteiger partial charge is 0.00861 e. The van der Waals surface area contributed by atoms with Crippen LogP contribution in [-0.4, -0.2) is 6.54 Å². The maximum absolute atomic E-state index is 6.05. The Labute approximate surface area is 98.0 Å². The van der Waals surface area contributed by atoms with E-state index in [1.165, 1.54) is 44.1 Å². The third kappa shape index (κ3) is 1.41. The molecule has 2 aliphatic carbocycles. The van der Waals surface area contributed by atoms with E-state index in [4.69, 9.17) is 5.73 Å². The molecule has 0 bridgehead atoms. The molecule has 0 aliphatic heterocycles. The molecule has 86 valence electrons. The third-order valence-electron chi connectivity index (χ3n) is 4.87. The topological polar surface area (TPSA) is 26.0 Å². The van der Waals surface area contributed by atoms with Gasteiger partial charge in [0.25, 0.3) is 0 Å². The normalized spacial score (nSPS) is 25.6. The Bertz CT molecular complexity index is 354. The number of hydrogen-bond donors (Lipinski definition) is 1. The maximum Gasteiger partial charge on any atom is 0.00861 e. The predicted octanol–water partition coefficient (Wildman–Crippen LogP) is 3.24. The lowest BCUT2D eigenvalue weighted by molar-refractivity contribution is 0.0329. The van der Waals surface area contributed by atoms with E-state index in [0.717, 1.165) is 6.54 Å². The van der Waals surface area contributed by atoms with Gasteiger partial charge in [-0.05, 0) is 36.7 Å². The average molecular weight is 215 g/mol. The molecule has 0 aromatic heterocycles. The van der Waals surface area contributed by atoms with Crippen LogP contribution in [0.2, 0.25) is 0 Å². The van der Waals surface area contributed by atoms with Crippen LogP contribution in [0.4, 0.5) is 0 Å². The summed E-state index contributed by atoms with van der Waals surface area (Å²) >= 11 is 0. The number of nitrogens with two attached hydrogens (primary N) is 1. The molecule has 1 aromatic rings. The van der Waals surface area contributed by atoms with Crippen molar-refractivity contribution in [3.05, 3.63) is 35.9 Å². The van der Waals surface area contributed by atoms with Gasteiger partial charge in [-0.3, -0.25) is 0 Å². The zero-order valence-electron chi connectivity index (χ0n) is 9.91. The first kappa shape index (κ1) is 10.3. The zero-order chi connectivity index (χ0) is 11.1. The molecule has 1 heteroatoms. The minimum Gasteiger partial charge on any atom is -0.330 e. The van der Waals surface area contributed by atoms with E-state index in [-0.39, 0.29) is 0 Å². The molecular formula is C15H21N. The summed E-state index contributed by atoms with van der Waals surface area (Å²) in [7, 11) is 0. The van der Waals surface area contributed by atoms with Crippen molar-refractivity contribution in [3.63, 3.8) is 0 Å². The van der Waals surface area contributed by atoms with Gasteiger partial charge in [-0.2, -0.15) is 0 Å². The minimum atomic E-state index is 0.311. The van der Waals surface area contributed by atoms with Crippen molar-refractivity contribution in [1.82, 2.24) is 0 Å². The van der Waals surface area contributed by atoms with Gasteiger partial charge in [-0.25, -0.2) is 0 Å². The van der Waals surface area contributed by atoms with Gasteiger partial charge in [0.15, 0.2) is 0 Å². The Balaban J connectivity index is 1.83. The van der Waals surface area contributed by atoms with Crippen molar-refractivity contribution in [2.45, 2.75) is 43.9 Å². The average Bonchev–Trinajstić information content (AvgIpc) is 2.76. The summed E-state index contributed by atoms with van der Waals surface area (Å²) in [5.41, 5.74) is 8.51. The molecule has 3 rings (SSSR count). The summed E-state index contributed by atoms with van der Waals surface area (Å²) in [6, 6.07) is 10.9. The highest BCUT2D eigenvalue weighted by atomic mass is 14.7. The van der Waals surface area contributed by atoms with Crippen molar-refractivity contribution in [2.24, 2.45) is 11.1 Å². The van der Waals surface area contributed by atoms with Crippen LogP contribution >= 0.6 is 0 Å². The number of rotatable bonds is 2. The number of benzene rings is 1. The summed E-state index contributed by atoms with van der Waals surface area (Å²) < 4.78 is 0. The molecule has 1 spiro atoms. The van der Waals surface area contributed by atoms with Gasteiger partial charge < -0.3 is 5.73 Å². The second kappa shape index (κ2) is 3.59. The SMILES string of the molecule is NCC1(c2ccccc2)CC2(CCCC2)C1. The fraction of sp³-hybridized carbons (Fsp3) is 0.600. The molecule has 0 saturated heterocycles. The monoisotopic (exact) mass is 215 g/mol. The van der Waals surface area contributed by atoms with Crippen LogP contribution in [0.25, 0.3) is 0 Å². The molecule has 16 heavy (non-hydrogen) atoms. The van der Waals surface area contributed by atoms with Crippen molar-refractivity contribution in [2.75, 3.05) is 6.54 Å². The van der Waals surface area contributed by atoms with Crippen molar-refractivity contribution < 1.29 is 0 Å². The third-order valence-corrected chi connectivity index (χ3v) is 4.87. The van der Waals surface area contributed by atoms with E-state index in [1.807, 2.05) is 0 Å². The van der Waals surface area contributed by atoms with E-state index >= 15 is 0 Å². The molecule has 2 aliphatic rings. The molecule has 0 radical (unpaired) electrons. The molecule has 1 nitrogen and oxygen atoms in total. The molecule has 0 heterocycles. The first-order chi connectivity index (χ1) is 7.79. The molecule has 0 unspecified atom stereocenters. The molecule has 2 saturated carbocycles. The fourth-order valence-electron chi connectivity index (χ4n) is 4.12. The highest BCUT2D eigenvalue weighted by molar-refractivity contribution is 5.31. The predicted molar refractivity (Wildman–Crippen MR) is 67.3 cm³/mol. The standard InChI is InChI=1S/C15H21N/c16-12-15(13-6-2-1-3-7-13)10-14(11-15)8-4-5-9-14/h1-3,6-7H,4-5,8-12,16H2. The van der Waals surface area contributed by atoms with Gasteiger partial charge >= 0.3 is 0 Å². The lowest BCUT2D eigenvalue weighted by Gasteiger charge is -2.55. The molecule has 1 aromatic carbocycles. The van der Waals surface area contributed by atoms with Gasteiger partial charge in [0.2, 0.25) is 0 Å². The lowest BCUT2D eigenvalue weighted by atomic mass is 9.50. The largest absolute Gasteiger partial charge is 0.330 e. The molecule has 2 fully saturated rings. The van der Waals surface area contributed by atoms with Crippen LogP contribution in [0, 0.1) is 5.41 Å². The highest BCUT2D eigenvalue weighted by Crippen LogP contribution is 2.62. The quantitative estimate of drug-likeness (QED) is 0.805. The number of hydrogen-bond acceptors (Lipinski definition) is 1. The van der Waals surface area contributed by atoms with E-state index < -0.39 is 0 Å². The van der Waals surface area contributed by atoms with Crippen LogP contribution in [0.15, 0.2) is 30.3 Å². The minimum absolute atomic E-state index is 0.311. The maximum atomic E-state index is 6.05. The van der Waals surface area contributed by atoms with E-state index in [1.54, 1.807) is 0 Å². The van der Waals surface area contributed by atoms with Gasteiger partial charge in [0, 0.05) is 12.0 Å². The Morgan fingerprint density at radius 1 is 1.00 bits per heavy atom. The van der Waals surface area contributed by atoms with Crippen LogP contribution < -0.4 is 5.73 Å². The van der Waals surface area contributed by atoms with E-state index in [9.17, 15) is 0 Å². The summed E-state index contributed by atoms with van der Waals surface area (Å²) in [5, 5.41) is 0. The summed E-state index contributed by atoms with van der Waals surface area (Å²) in [4.78, 5) is 0. The zero-order valence-corrected chi connectivity index (χ0v) is 9.91. The van der Waals surface area contributed by atoms with Crippen LogP contribution in [0.5, 0.6) is 0 Å². The van der Waals surface area contributed by atoms with Crippen molar-refractivity contribution in [1.29, 1.82) is 0 Å². The van der Waals surface area contributed by atoms with Gasteiger partial charge in [-0.1, -0.05) is 43.2 Å². The van der Waals surface area contributed by atoms with Crippen molar-refractivity contribution in [3.8, 4) is 0 Å². The Hall–Kier alpha value is -0.820. The van der Waals surface area contributed by atoms with Gasteiger partial charge in [0.1, 0.15) is 0 Å². The van der Waals surface area contributed by atoms with Crippen LogP contribution in [0.1, 0.15) is 44.1 Å². The molecule has 0 amide bonds. The first-order valence-electron chi connectivity index (χ1n) is 6.54. The summed E-state index contributed by atoms with van der Waals surface area (Å²) in [6.07, 6.45) is 8.44. The fourth-order valence-corrected chi connectivity index (χ4v) is 4.12. The summed E-state index contributed by atoms with van der Waals surface area (Å²) in [6.45, 7) is 0.818. The van der Waals surface area contributed by atoms with E-state index in [2.05, 4.69) is 30.3 Å². The molecule has 0 atom stereocenters. The lowest BCUT2D eigenvalue weighted by Crippen LogP contribution is -2.52. The highest BCUT2D eigenvalue weighted by Gasteiger charge is 2.54. The van der Waals surface area contributed by atoms with Gasteiger partial charge in [0.05, 0.1) is 0 Å². The first-order valence-corrected chi connectivity index (χ1v) is 6.54. The Morgan fingerprint density at radius 3 is 2.19 bits per heavy atom. The van der Waals surface area contributed by atoms with Crippen LogP contribution in [0.3, 0.4) is 0 Å². The van der Waals surface area contributed by atoms with Gasteiger partial charge in [-0.15, -0.1) is 0 Å². The van der Waals surface area contributed by atoms with E-state index in [0.29, 0.717) is 10.8 Å². The molecule has 2 N–H and O–H groups in total.